The monoisotopic (exact) mass is 605 g/mol. The van der Waals surface area contributed by atoms with E-state index in [1.807, 2.05) is 44.2 Å². The summed E-state index contributed by atoms with van der Waals surface area (Å²) in [6.07, 6.45) is 4.03. The number of carbonyl (C=O) groups excluding carboxylic acids is 3. The number of aliphatic hydroxyl groups excluding tert-OH is 1. The smallest absolute Gasteiger partial charge is 0.253 e. The fourth-order valence-corrected chi connectivity index (χ4v) is 7.76. The van der Waals surface area contributed by atoms with Gasteiger partial charge < -0.3 is 24.5 Å². The van der Waals surface area contributed by atoms with E-state index in [1.165, 1.54) is 9.80 Å². The number of halogens is 1. The van der Waals surface area contributed by atoms with Crippen LogP contribution in [0.3, 0.4) is 0 Å². The number of nitrogens with zero attached hydrogens (tertiary/aromatic N) is 3. The summed E-state index contributed by atoms with van der Waals surface area (Å²) in [5, 5.41) is 10.1. The lowest BCUT2D eigenvalue weighted by Gasteiger charge is -2.39. The molecule has 0 aliphatic carbocycles. The molecule has 43 heavy (non-hydrogen) atoms. The van der Waals surface area contributed by atoms with Crippen LogP contribution < -0.4 is 4.90 Å². The lowest BCUT2D eigenvalue weighted by atomic mass is 9.62. The van der Waals surface area contributed by atoms with Crippen molar-refractivity contribution in [1.29, 1.82) is 0 Å². The Balaban J connectivity index is 1.59. The Morgan fingerprint density at radius 1 is 1.09 bits per heavy atom. The van der Waals surface area contributed by atoms with Crippen LogP contribution in [0.15, 0.2) is 79.9 Å². The summed E-state index contributed by atoms with van der Waals surface area (Å²) in [7, 11) is 0. The second-order valence-corrected chi connectivity index (χ2v) is 12.4. The molecule has 0 aromatic heterocycles. The summed E-state index contributed by atoms with van der Waals surface area (Å²) in [6.45, 7) is 12.5. The second-order valence-electron chi connectivity index (χ2n) is 12.0. The van der Waals surface area contributed by atoms with Gasteiger partial charge in [-0.05, 0) is 43.4 Å². The normalized spacial score (nSPS) is 28.9. The van der Waals surface area contributed by atoms with Crippen molar-refractivity contribution >= 4 is 35.0 Å². The topological polar surface area (TPSA) is 90.4 Å². The first-order chi connectivity index (χ1) is 20.6. The molecule has 2 aromatic rings. The van der Waals surface area contributed by atoms with Gasteiger partial charge in [0.25, 0.3) is 5.91 Å². The van der Waals surface area contributed by atoms with Gasteiger partial charge in [0, 0.05) is 32.8 Å². The largest absolute Gasteiger partial charge is 0.396 e. The van der Waals surface area contributed by atoms with Crippen molar-refractivity contribution in [2.75, 3.05) is 31.1 Å². The lowest BCUT2D eigenvalue weighted by Crippen LogP contribution is -2.57. The van der Waals surface area contributed by atoms with Gasteiger partial charge in [-0.3, -0.25) is 14.4 Å². The van der Waals surface area contributed by atoms with Gasteiger partial charge in [0.1, 0.15) is 11.6 Å². The van der Waals surface area contributed by atoms with E-state index in [4.69, 9.17) is 16.3 Å². The number of carbonyl (C=O) groups is 3. The fraction of sp³-hybridized carbons (Fsp3) is 0.441. The molecule has 0 saturated carbocycles. The first-order valence-corrected chi connectivity index (χ1v) is 15.2. The number of hydrogen-bond acceptors (Lipinski definition) is 5. The van der Waals surface area contributed by atoms with Crippen molar-refractivity contribution in [3.63, 3.8) is 0 Å². The number of anilines is 1. The zero-order valence-corrected chi connectivity index (χ0v) is 25.6. The van der Waals surface area contributed by atoms with Gasteiger partial charge in [-0.15, -0.1) is 13.2 Å². The predicted molar refractivity (Wildman–Crippen MR) is 166 cm³/mol. The van der Waals surface area contributed by atoms with Crippen LogP contribution in [0.2, 0.25) is 5.02 Å². The van der Waals surface area contributed by atoms with E-state index in [0.29, 0.717) is 30.2 Å². The van der Waals surface area contributed by atoms with Gasteiger partial charge in [0.05, 0.1) is 28.1 Å². The number of benzene rings is 2. The van der Waals surface area contributed by atoms with Crippen LogP contribution in [-0.2, 0) is 25.7 Å². The Kier molecular flexibility index (Phi) is 8.84. The summed E-state index contributed by atoms with van der Waals surface area (Å²) < 4.78 is 6.90. The molecule has 228 valence electrons. The first kappa shape index (κ1) is 31.0. The molecule has 3 amide bonds. The molecule has 2 aromatic carbocycles. The van der Waals surface area contributed by atoms with E-state index in [1.54, 1.807) is 41.3 Å². The third-order valence-corrected chi connectivity index (χ3v) is 9.79. The maximum Gasteiger partial charge on any atom is 0.253 e. The van der Waals surface area contributed by atoms with Gasteiger partial charge in [-0.2, -0.15) is 0 Å². The highest BCUT2D eigenvalue weighted by molar-refractivity contribution is 6.34. The highest BCUT2D eigenvalue weighted by Crippen LogP contribution is 2.65. The molecule has 9 heteroatoms. The molecule has 3 saturated heterocycles. The molecule has 5 rings (SSSR count). The van der Waals surface area contributed by atoms with Crippen LogP contribution in [0, 0.1) is 17.8 Å². The van der Waals surface area contributed by atoms with Crippen molar-refractivity contribution in [2.24, 2.45) is 17.8 Å². The Bertz CT molecular complexity index is 1400. The lowest BCUT2D eigenvalue weighted by molar-refractivity contribution is -0.151. The Labute approximate surface area is 258 Å². The number of likely N-dealkylation sites (tertiary alicyclic amines) is 1. The van der Waals surface area contributed by atoms with Crippen molar-refractivity contribution in [2.45, 2.75) is 50.5 Å². The highest BCUT2D eigenvalue weighted by Gasteiger charge is 2.80. The summed E-state index contributed by atoms with van der Waals surface area (Å²) in [5.74, 6) is -2.59. The van der Waals surface area contributed by atoms with Gasteiger partial charge in [0.2, 0.25) is 11.8 Å². The highest BCUT2D eigenvalue weighted by atomic mass is 35.5. The summed E-state index contributed by atoms with van der Waals surface area (Å²) in [6, 6.07) is 15.7. The van der Waals surface area contributed by atoms with Gasteiger partial charge in [-0.1, -0.05) is 73.1 Å². The number of hydrogen-bond donors (Lipinski definition) is 1. The minimum Gasteiger partial charge on any atom is -0.396 e. The Hall–Kier alpha value is -3.46. The molecule has 1 N–H and O–H groups in total. The molecule has 2 bridgehead atoms. The van der Waals surface area contributed by atoms with Crippen LogP contribution in [0.25, 0.3) is 0 Å². The summed E-state index contributed by atoms with van der Waals surface area (Å²) in [5.41, 5.74) is -0.707. The van der Waals surface area contributed by atoms with Crippen LogP contribution in [0.5, 0.6) is 0 Å². The van der Waals surface area contributed by atoms with E-state index in [0.717, 1.165) is 5.56 Å². The first-order valence-electron chi connectivity index (χ1n) is 14.9. The molecule has 3 fully saturated rings. The number of para-hydroxylation sites is 1. The molecule has 3 heterocycles. The van der Waals surface area contributed by atoms with E-state index >= 15 is 0 Å². The molecular weight excluding hydrogens is 566 g/mol. The fourth-order valence-electron chi connectivity index (χ4n) is 7.52. The van der Waals surface area contributed by atoms with E-state index in [9.17, 15) is 19.5 Å². The number of fused-ring (bicyclic) bond motifs is 1. The summed E-state index contributed by atoms with van der Waals surface area (Å²) >= 11 is 6.55. The van der Waals surface area contributed by atoms with Crippen molar-refractivity contribution in [1.82, 2.24) is 9.80 Å². The number of amides is 3. The number of aliphatic hydroxyl groups is 1. The van der Waals surface area contributed by atoms with Crippen LogP contribution >= 0.6 is 11.6 Å². The van der Waals surface area contributed by atoms with Crippen molar-refractivity contribution in [3.8, 4) is 0 Å². The average Bonchev–Trinajstić information content (AvgIpc) is 3.51. The molecule has 3 aliphatic heterocycles. The Morgan fingerprint density at radius 3 is 2.42 bits per heavy atom. The maximum absolute atomic E-state index is 14.7. The molecule has 8 nitrogen and oxygen atoms in total. The number of rotatable bonds is 12. The zero-order chi connectivity index (χ0) is 30.9. The van der Waals surface area contributed by atoms with Crippen molar-refractivity contribution in [3.05, 3.63) is 90.5 Å². The van der Waals surface area contributed by atoms with Gasteiger partial charge in [-0.25, -0.2) is 0 Å². The molecule has 0 radical (unpaired) electrons. The minimum atomic E-state index is -1.22. The van der Waals surface area contributed by atoms with E-state index < -0.39 is 29.1 Å². The third kappa shape index (κ3) is 5.09. The van der Waals surface area contributed by atoms with Crippen LogP contribution in [0.4, 0.5) is 5.69 Å². The predicted octanol–water partition coefficient (Wildman–Crippen LogP) is 4.47. The van der Waals surface area contributed by atoms with Crippen molar-refractivity contribution < 1.29 is 24.2 Å². The molecular formula is C34H40ClN3O5. The standard InChI is InChI=1S/C34H40ClN3O5/c1-5-17-36(22-24-13-8-7-9-14-24)30(40)27-28-31(41)38(19-12-20-39)29(34(28)21-23(3)33(27,4)43-34)32(42)37(18-6-2)26-16-11-10-15-25(26)35/h5-11,13-16,23,27-29,39H,1-2,12,17-22H2,3-4H3/t23?,27-,28-,29?,33+,34?/m0/s1. The molecule has 6 atom stereocenters. The Morgan fingerprint density at radius 2 is 1.77 bits per heavy atom. The maximum atomic E-state index is 14.7. The minimum absolute atomic E-state index is 0.103. The average molecular weight is 606 g/mol. The molecule has 3 aliphatic rings. The SMILES string of the molecule is C=CCN(Cc1ccccc1)C(=O)[C@@H]1[C@H]2C(=O)N(CCCO)C(C(=O)N(CC=C)c3ccccc3Cl)C23CC(C)[C@@]1(C)O3. The van der Waals surface area contributed by atoms with Gasteiger partial charge >= 0.3 is 0 Å². The quantitative estimate of drug-likeness (QED) is 0.361. The van der Waals surface area contributed by atoms with Crippen LogP contribution in [-0.4, -0.2) is 76.1 Å². The zero-order valence-electron chi connectivity index (χ0n) is 24.8. The number of ether oxygens (including phenoxy) is 1. The van der Waals surface area contributed by atoms with E-state index in [-0.39, 0.29) is 49.8 Å². The molecule has 1 spiro atoms. The van der Waals surface area contributed by atoms with E-state index in [2.05, 4.69) is 13.2 Å². The summed E-state index contributed by atoms with van der Waals surface area (Å²) in [4.78, 5) is 48.4. The van der Waals surface area contributed by atoms with Crippen LogP contribution in [0.1, 0.15) is 32.3 Å². The second kappa shape index (κ2) is 12.3. The molecule has 3 unspecified atom stereocenters. The third-order valence-electron chi connectivity index (χ3n) is 9.47. The van der Waals surface area contributed by atoms with Gasteiger partial charge in [0.15, 0.2) is 0 Å².